The predicted octanol–water partition coefficient (Wildman–Crippen LogP) is 4.36. The molecule has 0 saturated heterocycles. The van der Waals surface area contributed by atoms with E-state index in [2.05, 4.69) is 0 Å². The van der Waals surface area contributed by atoms with E-state index < -0.39 is 15.8 Å². The molecule has 2 heterocycles. The van der Waals surface area contributed by atoms with Crippen LogP contribution in [0, 0.1) is 12.7 Å². The van der Waals surface area contributed by atoms with Gasteiger partial charge in [0.15, 0.2) is 11.5 Å². The summed E-state index contributed by atoms with van der Waals surface area (Å²) in [5.41, 5.74) is 1.04. The van der Waals surface area contributed by atoms with E-state index >= 15 is 0 Å². The first kappa shape index (κ1) is 18.8. The number of sulfonamides is 1. The average Bonchev–Trinajstić information content (AvgIpc) is 3.18. The van der Waals surface area contributed by atoms with E-state index in [1.165, 1.54) is 27.8 Å². The zero-order valence-corrected chi connectivity index (χ0v) is 16.7. The number of anilines is 1. The molecule has 0 amide bonds. The minimum atomic E-state index is -4.14. The number of halogens is 1. The number of aryl methyl sites for hydroxylation is 1. The first-order chi connectivity index (χ1) is 13.4. The summed E-state index contributed by atoms with van der Waals surface area (Å²) in [6, 6.07) is 12.7. The third-order valence-corrected chi connectivity index (χ3v) is 7.02. The number of nitrogens with zero attached hydrogens (tertiary/aromatic N) is 1. The van der Waals surface area contributed by atoms with E-state index in [1.54, 1.807) is 31.2 Å². The predicted molar refractivity (Wildman–Crippen MR) is 106 cm³/mol. The monoisotopic (exact) mass is 419 g/mol. The summed E-state index contributed by atoms with van der Waals surface area (Å²) in [4.78, 5) is 0.482. The number of fused-ring (bicyclic) bond motifs is 1. The van der Waals surface area contributed by atoms with E-state index in [9.17, 15) is 12.8 Å². The van der Waals surface area contributed by atoms with Crippen molar-refractivity contribution in [1.82, 2.24) is 0 Å². The summed E-state index contributed by atoms with van der Waals surface area (Å²) >= 11 is 1.44. The van der Waals surface area contributed by atoms with Gasteiger partial charge in [0, 0.05) is 10.9 Å². The van der Waals surface area contributed by atoms with E-state index in [-0.39, 0.29) is 11.4 Å². The highest BCUT2D eigenvalue weighted by atomic mass is 32.2. The van der Waals surface area contributed by atoms with E-state index in [1.807, 2.05) is 17.5 Å². The molecule has 146 valence electrons. The highest BCUT2D eigenvalue weighted by Crippen LogP contribution is 2.37. The van der Waals surface area contributed by atoms with Crippen molar-refractivity contribution in [2.75, 3.05) is 17.5 Å². The maximum atomic E-state index is 14.5. The Morgan fingerprint density at radius 1 is 1.07 bits per heavy atom. The molecule has 0 atom stereocenters. The quantitative estimate of drug-likeness (QED) is 0.617. The molecule has 28 heavy (non-hydrogen) atoms. The fourth-order valence-electron chi connectivity index (χ4n) is 2.98. The standard InChI is InChI=1S/C20H18FNO4S2/c1-14-4-7-20(17(21)11-14)28(23,24)22(13-16-3-2-10-27-16)15-5-6-18-19(12-15)26-9-8-25-18/h2-7,10-12H,8-9,13H2,1H3. The molecule has 1 aromatic heterocycles. The van der Waals surface area contributed by atoms with Crippen LogP contribution in [0.5, 0.6) is 11.5 Å². The lowest BCUT2D eigenvalue weighted by atomic mass is 10.2. The second-order valence-corrected chi connectivity index (χ2v) is 9.22. The molecule has 1 aliphatic rings. The Bertz CT molecular complexity index is 1100. The largest absolute Gasteiger partial charge is 0.486 e. The van der Waals surface area contributed by atoms with Crippen LogP contribution in [0.4, 0.5) is 10.1 Å². The van der Waals surface area contributed by atoms with Crippen molar-refractivity contribution < 1.29 is 22.3 Å². The highest BCUT2D eigenvalue weighted by molar-refractivity contribution is 7.92. The second-order valence-electron chi connectivity index (χ2n) is 6.35. The number of rotatable bonds is 5. The maximum absolute atomic E-state index is 14.5. The Balaban J connectivity index is 1.81. The molecule has 0 aliphatic carbocycles. The number of benzene rings is 2. The summed E-state index contributed by atoms with van der Waals surface area (Å²) in [6.07, 6.45) is 0. The molecular formula is C20H18FNO4S2. The van der Waals surface area contributed by atoms with Crippen molar-refractivity contribution in [3.8, 4) is 11.5 Å². The van der Waals surface area contributed by atoms with Crippen molar-refractivity contribution in [1.29, 1.82) is 0 Å². The molecule has 0 N–H and O–H groups in total. The van der Waals surface area contributed by atoms with Gasteiger partial charge < -0.3 is 9.47 Å². The molecule has 3 aromatic rings. The third kappa shape index (κ3) is 3.57. The Kier molecular flexibility index (Phi) is 4.99. The molecule has 2 aromatic carbocycles. The molecule has 0 fully saturated rings. The SMILES string of the molecule is Cc1ccc(S(=O)(=O)N(Cc2cccs2)c2ccc3c(c2)OCCO3)c(F)c1. The van der Waals surface area contributed by atoms with Crippen LogP contribution in [0.25, 0.3) is 0 Å². The summed E-state index contributed by atoms with van der Waals surface area (Å²) in [7, 11) is -4.14. The van der Waals surface area contributed by atoms with Gasteiger partial charge >= 0.3 is 0 Å². The summed E-state index contributed by atoms with van der Waals surface area (Å²) < 4.78 is 53.6. The van der Waals surface area contributed by atoms with Crippen LogP contribution < -0.4 is 13.8 Å². The Morgan fingerprint density at radius 3 is 2.57 bits per heavy atom. The van der Waals surface area contributed by atoms with E-state index in [0.717, 1.165) is 4.88 Å². The zero-order valence-electron chi connectivity index (χ0n) is 15.1. The van der Waals surface area contributed by atoms with Crippen LogP contribution in [0.15, 0.2) is 58.8 Å². The van der Waals surface area contributed by atoms with Crippen LogP contribution in [-0.4, -0.2) is 21.6 Å². The molecule has 0 radical (unpaired) electrons. The van der Waals surface area contributed by atoms with Crippen LogP contribution in [0.2, 0.25) is 0 Å². The fourth-order valence-corrected chi connectivity index (χ4v) is 5.24. The second kappa shape index (κ2) is 7.44. The Labute approximate surface area is 167 Å². The van der Waals surface area contributed by atoms with Gasteiger partial charge in [0.1, 0.15) is 23.9 Å². The van der Waals surface area contributed by atoms with E-state index in [4.69, 9.17) is 9.47 Å². The van der Waals surface area contributed by atoms with Crippen molar-refractivity contribution in [3.63, 3.8) is 0 Å². The van der Waals surface area contributed by atoms with Gasteiger partial charge in [0.2, 0.25) is 0 Å². The van der Waals surface area contributed by atoms with Crippen LogP contribution in [0.3, 0.4) is 0 Å². The minimum absolute atomic E-state index is 0.0902. The molecular weight excluding hydrogens is 401 g/mol. The molecule has 5 nitrogen and oxygen atoms in total. The minimum Gasteiger partial charge on any atom is -0.486 e. The molecule has 0 unspecified atom stereocenters. The lowest BCUT2D eigenvalue weighted by molar-refractivity contribution is 0.171. The Morgan fingerprint density at radius 2 is 1.86 bits per heavy atom. The lowest BCUT2D eigenvalue weighted by Crippen LogP contribution is -2.31. The van der Waals surface area contributed by atoms with Crippen LogP contribution in [0.1, 0.15) is 10.4 Å². The highest BCUT2D eigenvalue weighted by Gasteiger charge is 2.29. The fraction of sp³-hybridized carbons (Fsp3) is 0.200. The topological polar surface area (TPSA) is 55.8 Å². The number of thiophene rings is 1. The van der Waals surface area contributed by atoms with Crippen molar-refractivity contribution in [3.05, 3.63) is 70.2 Å². The maximum Gasteiger partial charge on any atom is 0.267 e. The van der Waals surface area contributed by atoms with Gasteiger partial charge in [-0.2, -0.15) is 0 Å². The first-order valence-corrected chi connectivity index (χ1v) is 11.0. The summed E-state index contributed by atoms with van der Waals surface area (Å²) in [5, 5.41) is 1.87. The summed E-state index contributed by atoms with van der Waals surface area (Å²) in [5.74, 6) is 0.262. The van der Waals surface area contributed by atoms with Crippen molar-refractivity contribution in [2.24, 2.45) is 0 Å². The molecule has 4 rings (SSSR count). The van der Waals surface area contributed by atoms with Gasteiger partial charge in [0.05, 0.1) is 12.2 Å². The normalized spacial score (nSPS) is 13.4. The number of ether oxygens (including phenoxy) is 2. The smallest absolute Gasteiger partial charge is 0.267 e. The number of hydrogen-bond acceptors (Lipinski definition) is 5. The number of hydrogen-bond donors (Lipinski definition) is 0. The van der Waals surface area contributed by atoms with Gasteiger partial charge in [-0.15, -0.1) is 11.3 Å². The van der Waals surface area contributed by atoms with Gasteiger partial charge in [-0.25, -0.2) is 12.8 Å². The van der Waals surface area contributed by atoms with Crippen LogP contribution >= 0.6 is 11.3 Å². The molecule has 0 spiro atoms. The first-order valence-electron chi connectivity index (χ1n) is 8.66. The van der Waals surface area contributed by atoms with Crippen molar-refractivity contribution in [2.45, 2.75) is 18.4 Å². The summed E-state index contributed by atoms with van der Waals surface area (Å²) in [6.45, 7) is 2.63. The van der Waals surface area contributed by atoms with E-state index in [0.29, 0.717) is 36.0 Å². The molecule has 0 saturated carbocycles. The average molecular weight is 419 g/mol. The van der Waals surface area contributed by atoms with Crippen LogP contribution in [-0.2, 0) is 16.6 Å². The third-order valence-electron chi connectivity index (χ3n) is 4.35. The molecule has 0 bridgehead atoms. The zero-order chi connectivity index (χ0) is 19.7. The Hall–Kier alpha value is -2.58. The molecule has 8 heteroatoms. The van der Waals surface area contributed by atoms with Gasteiger partial charge in [-0.05, 0) is 48.2 Å². The van der Waals surface area contributed by atoms with Gasteiger partial charge in [-0.3, -0.25) is 4.31 Å². The molecule has 1 aliphatic heterocycles. The van der Waals surface area contributed by atoms with Crippen molar-refractivity contribution >= 4 is 27.0 Å². The van der Waals surface area contributed by atoms with Gasteiger partial charge in [0.25, 0.3) is 10.0 Å². The lowest BCUT2D eigenvalue weighted by Gasteiger charge is -2.26. The van der Waals surface area contributed by atoms with Gasteiger partial charge in [-0.1, -0.05) is 12.1 Å².